The average Bonchev–Trinajstić information content (AvgIpc) is 3.10. The standard InChI is InChI=1S/C16H24N4S/c1-2-20-9-6-15(17-20)13-18-7-4-8-19(11-10-18)14-16-5-3-12-21-16/h3,5-6,9,12H,2,4,7-8,10-11,13-14H2,1H3. The Morgan fingerprint density at radius 3 is 2.57 bits per heavy atom. The molecule has 3 rings (SSSR count). The Labute approximate surface area is 131 Å². The van der Waals surface area contributed by atoms with Gasteiger partial charge < -0.3 is 0 Å². The summed E-state index contributed by atoms with van der Waals surface area (Å²) in [6, 6.07) is 6.54. The van der Waals surface area contributed by atoms with Gasteiger partial charge in [0.05, 0.1) is 5.69 Å². The third kappa shape index (κ3) is 4.15. The monoisotopic (exact) mass is 304 g/mol. The average molecular weight is 304 g/mol. The van der Waals surface area contributed by atoms with Crippen molar-refractivity contribution in [2.45, 2.75) is 33.0 Å². The van der Waals surface area contributed by atoms with Crippen molar-refractivity contribution in [3.05, 3.63) is 40.3 Å². The van der Waals surface area contributed by atoms with Crippen molar-refractivity contribution in [2.24, 2.45) is 0 Å². The topological polar surface area (TPSA) is 24.3 Å². The molecule has 0 aromatic carbocycles. The van der Waals surface area contributed by atoms with E-state index in [1.54, 1.807) is 0 Å². The number of aryl methyl sites for hydroxylation is 1. The van der Waals surface area contributed by atoms with Crippen LogP contribution >= 0.6 is 11.3 Å². The summed E-state index contributed by atoms with van der Waals surface area (Å²) in [5, 5.41) is 6.77. The van der Waals surface area contributed by atoms with Crippen LogP contribution in [0, 0.1) is 0 Å². The Hall–Kier alpha value is -1.17. The van der Waals surface area contributed by atoms with Gasteiger partial charge in [-0.05, 0) is 43.9 Å². The molecule has 0 aliphatic carbocycles. The van der Waals surface area contributed by atoms with Crippen molar-refractivity contribution in [1.82, 2.24) is 19.6 Å². The molecule has 0 atom stereocenters. The quantitative estimate of drug-likeness (QED) is 0.849. The van der Waals surface area contributed by atoms with Crippen molar-refractivity contribution < 1.29 is 0 Å². The molecule has 5 heteroatoms. The third-order valence-corrected chi connectivity index (χ3v) is 4.91. The summed E-state index contributed by atoms with van der Waals surface area (Å²) in [5.41, 5.74) is 1.20. The van der Waals surface area contributed by atoms with E-state index < -0.39 is 0 Å². The molecule has 1 fully saturated rings. The second kappa shape index (κ2) is 7.20. The fraction of sp³-hybridized carbons (Fsp3) is 0.562. The first-order valence-electron chi connectivity index (χ1n) is 7.83. The fourth-order valence-corrected chi connectivity index (χ4v) is 3.60. The molecule has 0 N–H and O–H groups in total. The van der Waals surface area contributed by atoms with E-state index in [0.29, 0.717) is 0 Å². The summed E-state index contributed by atoms with van der Waals surface area (Å²) < 4.78 is 2.01. The minimum Gasteiger partial charge on any atom is -0.297 e. The molecule has 114 valence electrons. The Bertz CT molecular complexity index is 534. The molecular formula is C16H24N4S. The molecule has 2 aromatic rings. The maximum atomic E-state index is 4.60. The zero-order chi connectivity index (χ0) is 14.5. The number of nitrogens with zero attached hydrogens (tertiary/aromatic N) is 4. The predicted octanol–water partition coefficient (Wildman–Crippen LogP) is 2.67. The van der Waals surface area contributed by atoms with E-state index >= 15 is 0 Å². The van der Waals surface area contributed by atoms with E-state index in [9.17, 15) is 0 Å². The van der Waals surface area contributed by atoms with Gasteiger partial charge in [-0.25, -0.2) is 0 Å². The van der Waals surface area contributed by atoms with Crippen LogP contribution in [0.25, 0.3) is 0 Å². The summed E-state index contributed by atoms with van der Waals surface area (Å²) in [7, 11) is 0. The molecule has 0 radical (unpaired) electrons. The van der Waals surface area contributed by atoms with E-state index in [1.807, 2.05) is 16.0 Å². The van der Waals surface area contributed by atoms with Gasteiger partial charge in [0.1, 0.15) is 0 Å². The number of aromatic nitrogens is 2. The lowest BCUT2D eigenvalue weighted by Crippen LogP contribution is -2.30. The maximum Gasteiger partial charge on any atom is 0.0764 e. The molecule has 0 unspecified atom stereocenters. The molecule has 1 aliphatic rings. The van der Waals surface area contributed by atoms with Crippen LogP contribution in [0.4, 0.5) is 0 Å². The highest BCUT2D eigenvalue weighted by atomic mass is 32.1. The highest BCUT2D eigenvalue weighted by molar-refractivity contribution is 7.09. The number of rotatable bonds is 5. The van der Waals surface area contributed by atoms with Crippen molar-refractivity contribution >= 4 is 11.3 Å². The highest BCUT2D eigenvalue weighted by Crippen LogP contribution is 2.14. The van der Waals surface area contributed by atoms with E-state index in [2.05, 4.69) is 51.6 Å². The van der Waals surface area contributed by atoms with Crippen LogP contribution in [0.1, 0.15) is 23.9 Å². The number of thiophene rings is 1. The van der Waals surface area contributed by atoms with Crippen molar-refractivity contribution in [3.63, 3.8) is 0 Å². The van der Waals surface area contributed by atoms with Crippen molar-refractivity contribution in [1.29, 1.82) is 0 Å². The molecule has 4 nitrogen and oxygen atoms in total. The molecular weight excluding hydrogens is 280 g/mol. The first-order valence-corrected chi connectivity index (χ1v) is 8.71. The van der Waals surface area contributed by atoms with Gasteiger partial charge in [-0.3, -0.25) is 14.5 Å². The largest absolute Gasteiger partial charge is 0.297 e. The van der Waals surface area contributed by atoms with Crippen LogP contribution in [0.3, 0.4) is 0 Å². The molecule has 21 heavy (non-hydrogen) atoms. The molecule has 0 spiro atoms. The molecule has 1 saturated heterocycles. The lowest BCUT2D eigenvalue weighted by atomic mass is 10.3. The molecule has 3 heterocycles. The molecule has 2 aromatic heterocycles. The van der Waals surface area contributed by atoms with Crippen LogP contribution in [-0.2, 0) is 19.6 Å². The smallest absolute Gasteiger partial charge is 0.0764 e. The van der Waals surface area contributed by atoms with Gasteiger partial charge in [0.15, 0.2) is 0 Å². The number of hydrogen-bond acceptors (Lipinski definition) is 4. The summed E-state index contributed by atoms with van der Waals surface area (Å²) >= 11 is 1.86. The summed E-state index contributed by atoms with van der Waals surface area (Å²) in [6.07, 6.45) is 3.33. The fourth-order valence-electron chi connectivity index (χ4n) is 2.86. The SMILES string of the molecule is CCn1ccc(CN2CCCN(Cc3cccs3)CC2)n1. The van der Waals surface area contributed by atoms with Gasteiger partial charge in [-0.2, -0.15) is 5.10 Å². The van der Waals surface area contributed by atoms with E-state index in [1.165, 1.54) is 30.1 Å². The molecule has 0 bridgehead atoms. The Morgan fingerprint density at radius 2 is 1.90 bits per heavy atom. The second-order valence-electron chi connectivity index (χ2n) is 5.65. The van der Waals surface area contributed by atoms with Gasteiger partial charge in [0, 0.05) is 43.8 Å². The zero-order valence-electron chi connectivity index (χ0n) is 12.7. The first-order chi connectivity index (χ1) is 10.3. The van der Waals surface area contributed by atoms with Gasteiger partial charge in [-0.1, -0.05) is 6.07 Å². The van der Waals surface area contributed by atoms with Crippen molar-refractivity contribution in [2.75, 3.05) is 26.2 Å². The normalized spacial score (nSPS) is 18.0. The van der Waals surface area contributed by atoms with E-state index in [4.69, 9.17) is 0 Å². The Morgan fingerprint density at radius 1 is 1.10 bits per heavy atom. The first kappa shape index (κ1) is 14.8. The molecule has 0 saturated carbocycles. The van der Waals surface area contributed by atoms with Gasteiger partial charge in [0.25, 0.3) is 0 Å². The summed E-state index contributed by atoms with van der Waals surface area (Å²) in [6.45, 7) is 9.87. The Kier molecular flexibility index (Phi) is 5.06. The zero-order valence-corrected chi connectivity index (χ0v) is 13.6. The van der Waals surface area contributed by atoms with Crippen molar-refractivity contribution in [3.8, 4) is 0 Å². The third-order valence-electron chi connectivity index (χ3n) is 4.05. The maximum absolute atomic E-state index is 4.60. The van der Waals surface area contributed by atoms with E-state index in [-0.39, 0.29) is 0 Å². The molecule has 1 aliphatic heterocycles. The van der Waals surface area contributed by atoms with Gasteiger partial charge in [-0.15, -0.1) is 11.3 Å². The minimum atomic E-state index is 0.953. The van der Waals surface area contributed by atoms with E-state index in [0.717, 1.165) is 32.7 Å². The Balaban J connectivity index is 1.50. The number of hydrogen-bond donors (Lipinski definition) is 0. The highest BCUT2D eigenvalue weighted by Gasteiger charge is 2.16. The minimum absolute atomic E-state index is 0.953. The lowest BCUT2D eigenvalue weighted by molar-refractivity contribution is 0.246. The van der Waals surface area contributed by atoms with Crippen LogP contribution in [0.5, 0.6) is 0 Å². The lowest BCUT2D eigenvalue weighted by Gasteiger charge is -2.20. The van der Waals surface area contributed by atoms with Crippen LogP contribution in [0.2, 0.25) is 0 Å². The van der Waals surface area contributed by atoms with Gasteiger partial charge >= 0.3 is 0 Å². The molecule has 0 amide bonds. The second-order valence-corrected chi connectivity index (χ2v) is 6.68. The van der Waals surface area contributed by atoms with Crippen LogP contribution < -0.4 is 0 Å². The summed E-state index contributed by atoms with van der Waals surface area (Å²) in [4.78, 5) is 6.60. The summed E-state index contributed by atoms with van der Waals surface area (Å²) in [5.74, 6) is 0. The van der Waals surface area contributed by atoms with Gasteiger partial charge in [0.2, 0.25) is 0 Å². The van der Waals surface area contributed by atoms with Crippen LogP contribution in [0.15, 0.2) is 29.8 Å². The van der Waals surface area contributed by atoms with Crippen LogP contribution in [-0.4, -0.2) is 45.8 Å². The predicted molar refractivity (Wildman–Crippen MR) is 87.4 cm³/mol.